The van der Waals surface area contributed by atoms with Crippen molar-refractivity contribution in [1.29, 1.82) is 0 Å². The van der Waals surface area contributed by atoms with Crippen molar-refractivity contribution >= 4 is 11.3 Å². The maximum atomic E-state index is 5.91. The van der Waals surface area contributed by atoms with E-state index in [1.807, 2.05) is 12.3 Å². The Bertz CT molecular complexity index is 234. The molecule has 0 aliphatic heterocycles. The highest BCUT2D eigenvalue weighted by Crippen LogP contribution is 2.08. The van der Waals surface area contributed by atoms with Crippen molar-refractivity contribution in [3.8, 4) is 0 Å². The first-order valence-electron chi connectivity index (χ1n) is 4.38. The van der Waals surface area contributed by atoms with Crippen LogP contribution in [0.5, 0.6) is 0 Å². The predicted molar refractivity (Wildman–Crippen MR) is 54.7 cm³/mol. The molecule has 0 bridgehead atoms. The lowest BCUT2D eigenvalue weighted by Gasteiger charge is -2.21. The van der Waals surface area contributed by atoms with Crippen LogP contribution in [0.3, 0.4) is 0 Å². The number of rotatable bonds is 5. The highest BCUT2D eigenvalue weighted by molar-refractivity contribution is 7.07. The van der Waals surface area contributed by atoms with Gasteiger partial charge < -0.3 is 10.5 Å². The van der Waals surface area contributed by atoms with Crippen LogP contribution in [0.1, 0.15) is 26.0 Å². The number of nitrogens with two attached hydrogens (primary N) is 1. The Hall–Kier alpha value is -0.450. The van der Waals surface area contributed by atoms with Gasteiger partial charge in [0.25, 0.3) is 0 Å². The van der Waals surface area contributed by atoms with Crippen LogP contribution >= 0.6 is 11.3 Å². The molecule has 0 aliphatic carbocycles. The summed E-state index contributed by atoms with van der Waals surface area (Å²) in [4.78, 5) is 4.11. The van der Waals surface area contributed by atoms with E-state index in [9.17, 15) is 0 Å². The fourth-order valence-electron chi connectivity index (χ4n) is 0.800. The molecule has 1 atom stereocenters. The molecule has 3 nitrogen and oxygen atoms in total. The standard InChI is InChI=1S/C9H16N2OS/c1-3-9(2,10)6-12-4-8-5-13-7-11-8/h5,7H,3-4,6,10H2,1-2H3. The Labute approximate surface area is 82.9 Å². The SMILES string of the molecule is CCC(C)(N)COCc1cscn1. The third-order valence-corrected chi connectivity index (χ3v) is 2.61. The van der Waals surface area contributed by atoms with E-state index in [0.717, 1.165) is 12.1 Å². The van der Waals surface area contributed by atoms with Gasteiger partial charge in [-0.3, -0.25) is 0 Å². The van der Waals surface area contributed by atoms with E-state index in [-0.39, 0.29) is 5.54 Å². The molecule has 0 amide bonds. The summed E-state index contributed by atoms with van der Waals surface area (Å²) in [5.41, 5.74) is 8.49. The summed E-state index contributed by atoms with van der Waals surface area (Å²) >= 11 is 1.58. The summed E-state index contributed by atoms with van der Waals surface area (Å²) in [5.74, 6) is 0. The third kappa shape index (κ3) is 3.85. The summed E-state index contributed by atoms with van der Waals surface area (Å²) in [6, 6.07) is 0. The fraction of sp³-hybridized carbons (Fsp3) is 0.667. The molecule has 0 radical (unpaired) electrons. The van der Waals surface area contributed by atoms with E-state index >= 15 is 0 Å². The van der Waals surface area contributed by atoms with Crippen LogP contribution in [0.15, 0.2) is 10.9 Å². The van der Waals surface area contributed by atoms with Gasteiger partial charge in [0.15, 0.2) is 0 Å². The first kappa shape index (κ1) is 10.6. The molecule has 0 aliphatic rings. The van der Waals surface area contributed by atoms with Crippen LogP contribution in [-0.4, -0.2) is 17.1 Å². The Morgan fingerprint density at radius 3 is 3.00 bits per heavy atom. The zero-order valence-corrected chi connectivity index (χ0v) is 8.93. The molecule has 74 valence electrons. The van der Waals surface area contributed by atoms with Crippen molar-refractivity contribution in [2.75, 3.05) is 6.61 Å². The smallest absolute Gasteiger partial charge is 0.0897 e. The number of thiazole rings is 1. The molecule has 1 aromatic heterocycles. The minimum Gasteiger partial charge on any atom is -0.373 e. The van der Waals surface area contributed by atoms with E-state index in [1.54, 1.807) is 16.8 Å². The molecule has 4 heteroatoms. The maximum absolute atomic E-state index is 5.91. The second-order valence-corrected chi connectivity index (χ2v) is 4.20. The lowest BCUT2D eigenvalue weighted by atomic mass is 10.0. The number of ether oxygens (including phenoxy) is 1. The average Bonchev–Trinajstić information content (AvgIpc) is 2.57. The second-order valence-electron chi connectivity index (χ2n) is 3.48. The van der Waals surface area contributed by atoms with Crippen LogP contribution in [0, 0.1) is 0 Å². The first-order valence-corrected chi connectivity index (χ1v) is 5.32. The van der Waals surface area contributed by atoms with Gasteiger partial charge in [0.2, 0.25) is 0 Å². The molecular weight excluding hydrogens is 184 g/mol. The van der Waals surface area contributed by atoms with Crippen molar-refractivity contribution in [2.24, 2.45) is 5.73 Å². The quantitative estimate of drug-likeness (QED) is 0.788. The van der Waals surface area contributed by atoms with E-state index in [2.05, 4.69) is 11.9 Å². The van der Waals surface area contributed by atoms with Crippen molar-refractivity contribution in [2.45, 2.75) is 32.4 Å². The normalized spacial score (nSPS) is 15.6. The molecule has 0 saturated carbocycles. The van der Waals surface area contributed by atoms with Crippen LogP contribution in [-0.2, 0) is 11.3 Å². The summed E-state index contributed by atoms with van der Waals surface area (Å²) in [6.45, 7) is 5.21. The lowest BCUT2D eigenvalue weighted by molar-refractivity contribution is 0.0760. The molecule has 0 fully saturated rings. The summed E-state index contributed by atoms with van der Waals surface area (Å²) in [6.07, 6.45) is 0.921. The minimum absolute atomic E-state index is 0.212. The van der Waals surface area contributed by atoms with Gasteiger partial charge in [0, 0.05) is 10.9 Å². The first-order chi connectivity index (χ1) is 6.14. The van der Waals surface area contributed by atoms with Gasteiger partial charge >= 0.3 is 0 Å². The predicted octanol–water partition coefficient (Wildman–Crippen LogP) is 1.79. The van der Waals surface area contributed by atoms with E-state index in [4.69, 9.17) is 10.5 Å². The van der Waals surface area contributed by atoms with Crippen molar-refractivity contribution in [3.05, 3.63) is 16.6 Å². The Balaban J connectivity index is 2.21. The Morgan fingerprint density at radius 1 is 1.69 bits per heavy atom. The summed E-state index contributed by atoms with van der Waals surface area (Å²) < 4.78 is 5.45. The highest BCUT2D eigenvalue weighted by Gasteiger charge is 2.15. The zero-order chi connectivity index (χ0) is 9.73. The van der Waals surface area contributed by atoms with Crippen molar-refractivity contribution < 1.29 is 4.74 Å². The molecule has 2 N–H and O–H groups in total. The van der Waals surface area contributed by atoms with E-state index in [1.165, 1.54) is 0 Å². The fourth-order valence-corrected chi connectivity index (χ4v) is 1.34. The van der Waals surface area contributed by atoms with E-state index in [0.29, 0.717) is 13.2 Å². The zero-order valence-electron chi connectivity index (χ0n) is 8.12. The monoisotopic (exact) mass is 200 g/mol. The Morgan fingerprint density at radius 2 is 2.46 bits per heavy atom. The number of aromatic nitrogens is 1. The number of hydrogen-bond acceptors (Lipinski definition) is 4. The molecule has 13 heavy (non-hydrogen) atoms. The maximum Gasteiger partial charge on any atom is 0.0897 e. The van der Waals surface area contributed by atoms with Gasteiger partial charge in [0.05, 0.1) is 24.4 Å². The molecular formula is C9H16N2OS. The molecule has 0 spiro atoms. The van der Waals surface area contributed by atoms with Crippen LogP contribution in [0.2, 0.25) is 0 Å². The molecule has 1 unspecified atom stereocenters. The van der Waals surface area contributed by atoms with Crippen LogP contribution < -0.4 is 5.73 Å². The topological polar surface area (TPSA) is 48.1 Å². The van der Waals surface area contributed by atoms with Crippen molar-refractivity contribution in [3.63, 3.8) is 0 Å². The number of nitrogens with zero attached hydrogens (tertiary/aromatic N) is 1. The minimum atomic E-state index is -0.212. The summed E-state index contributed by atoms with van der Waals surface area (Å²) in [5, 5.41) is 1.99. The second kappa shape index (κ2) is 4.69. The van der Waals surface area contributed by atoms with Gasteiger partial charge in [-0.15, -0.1) is 11.3 Å². The molecule has 0 saturated heterocycles. The van der Waals surface area contributed by atoms with Gasteiger partial charge in [-0.1, -0.05) is 6.92 Å². The van der Waals surface area contributed by atoms with E-state index < -0.39 is 0 Å². The molecule has 1 aromatic rings. The molecule has 0 aromatic carbocycles. The lowest BCUT2D eigenvalue weighted by Crippen LogP contribution is -2.40. The van der Waals surface area contributed by atoms with Gasteiger partial charge in [-0.05, 0) is 13.3 Å². The summed E-state index contributed by atoms with van der Waals surface area (Å²) in [7, 11) is 0. The van der Waals surface area contributed by atoms with Crippen molar-refractivity contribution in [1.82, 2.24) is 4.98 Å². The molecule has 1 rings (SSSR count). The van der Waals surface area contributed by atoms with Gasteiger partial charge in [0.1, 0.15) is 0 Å². The highest BCUT2D eigenvalue weighted by atomic mass is 32.1. The van der Waals surface area contributed by atoms with Crippen LogP contribution in [0.4, 0.5) is 0 Å². The average molecular weight is 200 g/mol. The third-order valence-electron chi connectivity index (χ3n) is 1.97. The van der Waals surface area contributed by atoms with Gasteiger partial charge in [-0.2, -0.15) is 0 Å². The Kier molecular flexibility index (Phi) is 3.84. The van der Waals surface area contributed by atoms with Gasteiger partial charge in [-0.25, -0.2) is 4.98 Å². The molecule has 1 heterocycles. The largest absolute Gasteiger partial charge is 0.373 e. The van der Waals surface area contributed by atoms with Crippen LogP contribution in [0.25, 0.3) is 0 Å². The number of hydrogen-bond donors (Lipinski definition) is 1.